The zero-order valence-corrected chi connectivity index (χ0v) is 10.9. The third-order valence-corrected chi connectivity index (χ3v) is 3.02. The number of ether oxygens (including phenoxy) is 1. The van der Waals surface area contributed by atoms with Gasteiger partial charge in [0.05, 0.1) is 11.3 Å². The van der Waals surface area contributed by atoms with E-state index in [0.29, 0.717) is 28.8 Å². The molecule has 18 heavy (non-hydrogen) atoms. The van der Waals surface area contributed by atoms with Gasteiger partial charge < -0.3 is 4.74 Å². The van der Waals surface area contributed by atoms with Crippen LogP contribution < -0.4 is 4.74 Å². The van der Waals surface area contributed by atoms with Gasteiger partial charge in [0.25, 0.3) is 0 Å². The van der Waals surface area contributed by atoms with E-state index in [-0.39, 0.29) is 0 Å². The summed E-state index contributed by atoms with van der Waals surface area (Å²) >= 11 is 6.04. The summed E-state index contributed by atoms with van der Waals surface area (Å²) in [5.41, 5.74) is 2.00. The van der Waals surface area contributed by atoms with Crippen LogP contribution in [0.5, 0.6) is 5.88 Å². The highest BCUT2D eigenvalue weighted by molar-refractivity contribution is 6.31. The number of carbonyl (C=O) groups is 1. The number of aromatic nitrogens is 2. The van der Waals surface area contributed by atoms with Crippen molar-refractivity contribution in [2.24, 2.45) is 7.05 Å². The first-order valence-corrected chi connectivity index (χ1v) is 5.86. The fraction of sp³-hybridized carbons (Fsp3) is 0.231. The van der Waals surface area contributed by atoms with Crippen LogP contribution in [0.2, 0.25) is 5.02 Å². The Bertz CT molecular complexity index is 578. The molecule has 0 aliphatic carbocycles. The zero-order chi connectivity index (χ0) is 13.1. The predicted molar refractivity (Wildman–Crippen MR) is 69.1 cm³/mol. The van der Waals surface area contributed by atoms with Crippen molar-refractivity contribution in [3.05, 3.63) is 46.1 Å². The zero-order valence-electron chi connectivity index (χ0n) is 10.2. The van der Waals surface area contributed by atoms with Gasteiger partial charge >= 0.3 is 0 Å². The molecule has 5 heteroatoms. The lowest BCUT2D eigenvalue weighted by Gasteiger charge is -2.08. The number of carbonyl (C=O) groups excluding carboxylic acids is 1. The Labute approximate surface area is 110 Å². The van der Waals surface area contributed by atoms with E-state index in [2.05, 4.69) is 5.10 Å². The molecule has 0 fully saturated rings. The Balaban J connectivity index is 2.21. The molecule has 0 spiro atoms. The van der Waals surface area contributed by atoms with Crippen LogP contribution >= 0.6 is 11.6 Å². The van der Waals surface area contributed by atoms with Crippen LogP contribution in [0.25, 0.3) is 0 Å². The van der Waals surface area contributed by atoms with Crippen LogP contribution in [-0.4, -0.2) is 16.1 Å². The number of aldehydes is 1. The maximum atomic E-state index is 11.0. The topological polar surface area (TPSA) is 44.1 Å². The molecule has 0 atom stereocenters. The quantitative estimate of drug-likeness (QED) is 0.798. The number of hydrogen-bond acceptors (Lipinski definition) is 3. The van der Waals surface area contributed by atoms with Crippen molar-refractivity contribution in [3.63, 3.8) is 0 Å². The average Bonchev–Trinajstić information content (AvgIpc) is 2.62. The summed E-state index contributed by atoms with van der Waals surface area (Å²) in [6, 6.07) is 7.43. The molecule has 0 radical (unpaired) electrons. The Morgan fingerprint density at radius 1 is 1.44 bits per heavy atom. The van der Waals surface area contributed by atoms with Crippen molar-refractivity contribution in [2.75, 3.05) is 0 Å². The minimum absolute atomic E-state index is 0.305. The summed E-state index contributed by atoms with van der Waals surface area (Å²) in [7, 11) is 1.74. The Morgan fingerprint density at radius 3 is 2.83 bits per heavy atom. The summed E-state index contributed by atoms with van der Waals surface area (Å²) in [5, 5.41) is 4.79. The fourth-order valence-electron chi connectivity index (χ4n) is 1.72. The lowest BCUT2D eigenvalue weighted by atomic mass is 10.2. The smallest absolute Gasteiger partial charge is 0.222 e. The highest BCUT2D eigenvalue weighted by Gasteiger charge is 2.14. The Kier molecular flexibility index (Phi) is 3.67. The highest BCUT2D eigenvalue weighted by Crippen LogP contribution is 2.22. The third kappa shape index (κ3) is 2.38. The van der Waals surface area contributed by atoms with Crippen LogP contribution in [0.4, 0.5) is 0 Å². The van der Waals surface area contributed by atoms with Gasteiger partial charge in [-0.1, -0.05) is 29.8 Å². The van der Waals surface area contributed by atoms with Crippen molar-refractivity contribution in [1.29, 1.82) is 0 Å². The molecule has 0 aliphatic heterocycles. The molecular weight excluding hydrogens is 252 g/mol. The van der Waals surface area contributed by atoms with E-state index in [1.807, 2.05) is 18.2 Å². The number of aryl methyl sites for hydroxylation is 2. The maximum absolute atomic E-state index is 11.0. The van der Waals surface area contributed by atoms with Crippen molar-refractivity contribution >= 4 is 17.9 Å². The molecule has 1 heterocycles. The molecule has 1 aromatic heterocycles. The number of benzene rings is 1. The van der Waals surface area contributed by atoms with Gasteiger partial charge in [-0.2, -0.15) is 5.10 Å². The maximum Gasteiger partial charge on any atom is 0.222 e. The molecule has 0 N–H and O–H groups in total. The van der Waals surface area contributed by atoms with Crippen LogP contribution in [0.15, 0.2) is 24.3 Å². The van der Waals surface area contributed by atoms with Gasteiger partial charge in [0, 0.05) is 17.6 Å². The molecule has 94 valence electrons. The first-order valence-electron chi connectivity index (χ1n) is 5.48. The molecular formula is C13H13ClN2O2. The Morgan fingerprint density at radius 2 is 2.17 bits per heavy atom. The van der Waals surface area contributed by atoms with Crippen molar-refractivity contribution in [3.8, 4) is 5.88 Å². The minimum atomic E-state index is 0.305. The van der Waals surface area contributed by atoms with Crippen LogP contribution in [0.3, 0.4) is 0 Å². The summed E-state index contributed by atoms with van der Waals surface area (Å²) in [6.07, 6.45) is 0.754. The molecule has 2 rings (SSSR count). The van der Waals surface area contributed by atoms with Crippen molar-refractivity contribution < 1.29 is 9.53 Å². The molecule has 0 bridgehead atoms. The van der Waals surface area contributed by atoms with Crippen LogP contribution in [0, 0.1) is 6.92 Å². The second kappa shape index (κ2) is 5.23. The van der Waals surface area contributed by atoms with Gasteiger partial charge in [0.15, 0.2) is 6.29 Å². The van der Waals surface area contributed by atoms with Gasteiger partial charge in [0.2, 0.25) is 5.88 Å². The van der Waals surface area contributed by atoms with E-state index >= 15 is 0 Å². The van der Waals surface area contributed by atoms with Crippen molar-refractivity contribution in [2.45, 2.75) is 13.5 Å². The van der Waals surface area contributed by atoms with E-state index in [4.69, 9.17) is 16.3 Å². The lowest BCUT2D eigenvalue weighted by molar-refractivity contribution is 0.111. The molecule has 4 nitrogen and oxygen atoms in total. The summed E-state index contributed by atoms with van der Waals surface area (Å²) in [5.74, 6) is 0.461. The van der Waals surface area contributed by atoms with Crippen molar-refractivity contribution in [1.82, 2.24) is 9.78 Å². The molecule has 0 saturated carbocycles. The monoisotopic (exact) mass is 264 g/mol. The van der Waals surface area contributed by atoms with E-state index in [1.165, 1.54) is 0 Å². The summed E-state index contributed by atoms with van der Waals surface area (Å²) in [4.78, 5) is 11.0. The van der Waals surface area contributed by atoms with Gasteiger partial charge in [0.1, 0.15) is 6.61 Å². The standard InChI is InChI=1S/C13H13ClN2O2/c1-9-11(7-17)13(16(2)15-9)18-8-10-5-3-4-6-12(10)14/h3-7H,8H2,1-2H3. The largest absolute Gasteiger partial charge is 0.472 e. The highest BCUT2D eigenvalue weighted by atomic mass is 35.5. The molecule has 0 unspecified atom stereocenters. The van der Waals surface area contributed by atoms with Gasteiger partial charge in [-0.15, -0.1) is 0 Å². The second-order valence-corrected chi connectivity index (χ2v) is 4.33. The minimum Gasteiger partial charge on any atom is -0.472 e. The van der Waals surface area contributed by atoms with E-state index in [9.17, 15) is 4.79 Å². The Hall–Kier alpha value is -1.81. The van der Waals surface area contributed by atoms with Crippen LogP contribution in [-0.2, 0) is 13.7 Å². The molecule has 0 saturated heterocycles. The number of rotatable bonds is 4. The van der Waals surface area contributed by atoms with Gasteiger partial charge in [-0.3, -0.25) is 4.79 Å². The van der Waals surface area contributed by atoms with Gasteiger partial charge in [-0.25, -0.2) is 4.68 Å². The summed E-state index contributed by atoms with van der Waals surface area (Å²) in [6.45, 7) is 2.07. The van der Waals surface area contributed by atoms with Crippen LogP contribution in [0.1, 0.15) is 21.6 Å². The SMILES string of the molecule is Cc1nn(C)c(OCc2ccccc2Cl)c1C=O. The molecule has 2 aromatic rings. The molecule has 0 aliphatic rings. The van der Waals surface area contributed by atoms with Gasteiger partial charge in [-0.05, 0) is 13.0 Å². The predicted octanol–water partition coefficient (Wildman–Crippen LogP) is 2.77. The van der Waals surface area contributed by atoms with E-state index < -0.39 is 0 Å². The molecule has 1 aromatic carbocycles. The second-order valence-electron chi connectivity index (χ2n) is 3.93. The summed E-state index contributed by atoms with van der Waals surface area (Å²) < 4.78 is 7.18. The van der Waals surface area contributed by atoms with E-state index in [1.54, 1.807) is 24.7 Å². The first kappa shape index (κ1) is 12.6. The lowest BCUT2D eigenvalue weighted by Crippen LogP contribution is -2.02. The number of hydrogen-bond donors (Lipinski definition) is 0. The molecule has 0 amide bonds. The van der Waals surface area contributed by atoms with E-state index in [0.717, 1.165) is 11.8 Å². The fourth-order valence-corrected chi connectivity index (χ4v) is 1.91. The average molecular weight is 265 g/mol. The number of nitrogens with zero attached hydrogens (tertiary/aromatic N) is 2. The third-order valence-electron chi connectivity index (χ3n) is 2.65. The number of halogens is 1. The normalized spacial score (nSPS) is 10.4. The first-order chi connectivity index (χ1) is 8.63.